The Morgan fingerprint density at radius 1 is 0.908 bits per heavy atom. The molecule has 0 saturated carbocycles. The van der Waals surface area contributed by atoms with E-state index in [-0.39, 0.29) is 62.4 Å². The Hall–Kier alpha value is -6.35. The summed E-state index contributed by atoms with van der Waals surface area (Å²) in [6, 6.07) is 21.0. The van der Waals surface area contributed by atoms with Crippen LogP contribution in [-0.4, -0.2) is 91.2 Å². The molecule has 65 heavy (non-hydrogen) atoms. The van der Waals surface area contributed by atoms with Gasteiger partial charge in [0.2, 0.25) is 11.8 Å². The zero-order valence-electron chi connectivity index (χ0n) is 35.0. The van der Waals surface area contributed by atoms with Gasteiger partial charge in [0.1, 0.15) is 22.6 Å². The molecule has 0 radical (unpaired) electrons. The Kier molecular flexibility index (Phi) is 13.5. The number of nitrogens with one attached hydrogen (secondary N) is 3. The predicted octanol–water partition coefficient (Wildman–Crippen LogP) is 7.26. The number of carbonyl (C=O) groups is 3. The highest BCUT2D eigenvalue weighted by Crippen LogP contribution is 2.40. The molecule has 7 aromatic rings. The van der Waals surface area contributed by atoms with Crippen LogP contribution in [0.3, 0.4) is 0 Å². The van der Waals surface area contributed by atoms with Crippen molar-refractivity contribution in [1.29, 1.82) is 0 Å². The van der Waals surface area contributed by atoms with Crippen LogP contribution in [0.4, 0.5) is 13.2 Å². The van der Waals surface area contributed by atoms with Crippen molar-refractivity contribution in [1.82, 2.24) is 45.3 Å². The van der Waals surface area contributed by atoms with Gasteiger partial charge in [-0.05, 0) is 62.7 Å². The minimum absolute atomic E-state index is 0.00173. The molecule has 1 aliphatic heterocycles. The second-order valence-electron chi connectivity index (χ2n) is 14.8. The van der Waals surface area contributed by atoms with E-state index >= 15 is 0 Å². The van der Waals surface area contributed by atoms with Gasteiger partial charge in [0.05, 0.1) is 59.9 Å². The smallest absolute Gasteiger partial charge is 0.405 e. The van der Waals surface area contributed by atoms with Gasteiger partial charge < -0.3 is 25.4 Å². The average molecular weight is 945 g/mol. The molecular formula is C44H40ClF3N10O5S2. The lowest BCUT2D eigenvalue weighted by Gasteiger charge is -2.13. The number of rotatable bonds is 16. The largest absolute Gasteiger partial charge is 0.573 e. The molecule has 8 rings (SSSR count). The summed E-state index contributed by atoms with van der Waals surface area (Å²) in [4.78, 5) is 50.1. The fraction of sp³-hybridized carbons (Fsp3) is 0.273. The number of para-hydroxylation sites is 2. The molecule has 1 unspecified atom stereocenters. The van der Waals surface area contributed by atoms with E-state index < -0.39 is 24.1 Å². The van der Waals surface area contributed by atoms with Crippen LogP contribution in [0, 0.1) is 20.8 Å². The number of aliphatic imine (C=N–C) groups is 1. The van der Waals surface area contributed by atoms with Crippen molar-refractivity contribution < 1.29 is 37.0 Å². The van der Waals surface area contributed by atoms with Gasteiger partial charge in [0, 0.05) is 39.5 Å². The second kappa shape index (κ2) is 19.4. The molecule has 3 N–H and O–H groups in total. The van der Waals surface area contributed by atoms with Gasteiger partial charge in [-0.2, -0.15) is 5.10 Å². The number of alkyl halides is 3. The number of thioether (sulfide) groups is 1. The maximum Gasteiger partial charge on any atom is 0.573 e. The summed E-state index contributed by atoms with van der Waals surface area (Å²) in [5.41, 5.74) is 5.15. The van der Waals surface area contributed by atoms with E-state index in [2.05, 4.69) is 49.8 Å². The lowest BCUT2D eigenvalue weighted by molar-refractivity contribution is -0.274. The fourth-order valence-electron chi connectivity index (χ4n) is 7.21. The summed E-state index contributed by atoms with van der Waals surface area (Å²) in [6.07, 6.45) is -4.94. The lowest BCUT2D eigenvalue weighted by Crippen LogP contribution is -2.31. The maximum absolute atomic E-state index is 13.3. The molecule has 4 aromatic heterocycles. The molecule has 0 spiro atoms. The number of hydrogen-bond donors (Lipinski definition) is 3. The first-order chi connectivity index (χ1) is 31.2. The average Bonchev–Trinajstić information content (AvgIpc) is 3.95. The summed E-state index contributed by atoms with van der Waals surface area (Å²) in [6.45, 7) is 6.78. The van der Waals surface area contributed by atoms with Crippen LogP contribution in [-0.2, 0) is 20.9 Å². The van der Waals surface area contributed by atoms with E-state index in [1.165, 1.54) is 18.2 Å². The van der Waals surface area contributed by atoms with Crippen molar-refractivity contribution in [3.8, 4) is 10.8 Å². The Bertz CT molecular complexity index is 2950. The standard InChI is InChI=1S/C44H40ClF3N10O5S2/c1-24-25(2)65-42-38(24)39(27-12-14-28(45)15-13-27)52-33(40-55-54-26(3)57(40)42)21-36(59)49-16-18-62-19-17-50-37(60)23-64-43-53-32-10-6-4-8-30(32)34-20-29(56-58(34)43)22-51-41(61)31-9-5-7-11-35(31)63-44(46,47)48/h4-15,20,33H,16-19,21-23H2,1-3H3,(H,49,59)(H,50,60)(H,51,61). The zero-order chi connectivity index (χ0) is 45.8. The van der Waals surface area contributed by atoms with Gasteiger partial charge in [-0.25, -0.2) is 9.50 Å². The molecule has 1 atom stereocenters. The quantitative estimate of drug-likeness (QED) is 0.0508. The number of benzene rings is 3. The summed E-state index contributed by atoms with van der Waals surface area (Å²) >= 11 is 9.01. The van der Waals surface area contributed by atoms with E-state index in [0.29, 0.717) is 38.6 Å². The SMILES string of the molecule is Cc1sc2c(c1C)C(c1ccc(Cl)cc1)=NC(CC(=O)NCCOCCNC(=O)CSc1nc3ccccc3c3cc(CNC(=O)c4ccccc4OC(F)(F)F)nn13)c1nnc(C)n1-2. The third-order valence-corrected chi connectivity index (χ3v) is 12.7. The molecule has 3 aromatic carbocycles. The number of aryl methyl sites for hydroxylation is 2. The molecule has 21 heteroatoms. The first-order valence-electron chi connectivity index (χ1n) is 20.2. The van der Waals surface area contributed by atoms with Crippen LogP contribution in [0.2, 0.25) is 5.02 Å². The highest BCUT2D eigenvalue weighted by Gasteiger charge is 2.34. The number of halogens is 4. The number of carbonyl (C=O) groups excluding carboxylic acids is 3. The maximum atomic E-state index is 13.3. The molecule has 0 saturated heterocycles. The van der Waals surface area contributed by atoms with E-state index in [0.717, 1.165) is 55.5 Å². The van der Waals surface area contributed by atoms with Crippen LogP contribution in [0.25, 0.3) is 21.4 Å². The molecule has 336 valence electrons. The number of ether oxygens (including phenoxy) is 2. The fourth-order valence-corrected chi connectivity index (χ4v) is 9.33. The Morgan fingerprint density at radius 2 is 1.63 bits per heavy atom. The third-order valence-electron chi connectivity index (χ3n) is 10.3. The van der Waals surface area contributed by atoms with Gasteiger partial charge in [0.25, 0.3) is 5.91 Å². The van der Waals surface area contributed by atoms with Crippen molar-refractivity contribution >= 4 is 74.6 Å². The molecule has 1 aliphatic rings. The topological polar surface area (TPSA) is 179 Å². The summed E-state index contributed by atoms with van der Waals surface area (Å²) in [7, 11) is 0. The first-order valence-corrected chi connectivity index (χ1v) is 22.4. The van der Waals surface area contributed by atoms with E-state index in [1.54, 1.807) is 21.9 Å². The van der Waals surface area contributed by atoms with Crippen LogP contribution < -0.4 is 20.7 Å². The number of amides is 3. The highest BCUT2D eigenvalue weighted by atomic mass is 35.5. The minimum Gasteiger partial charge on any atom is -0.405 e. The van der Waals surface area contributed by atoms with E-state index in [1.807, 2.05) is 60.0 Å². The van der Waals surface area contributed by atoms with Gasteiger partial charge in [-0.15, -0.1) is 34.7 Å². The summed E-state index contributed by atoms with van der Waals surface area (Å²) in [5.74, 6) is -0.635. The van der Waals surface area contributed by atoms with Crippen LogP contribution >= 0.6 is 34.7 Å². The van der Waals surface area contributed by atoms with Crippen LogP contribution in [0.1, 0.15) is 61.7 Å². The minimum atomic E-state index is -4.97. The molecule has 0 fully saturated rings. The Labute approximate surface area is 382 Å². The van der Waals surface area contributed by atoms with E-state index in [9.17, 15) is 27.6 Å². The summed E-state index contributed by atoms with van der Waals surface area (Å²) in [5, 5.41) is 24.5. The second-order valence-corrected chi connectivity index (χ2v) is 17.4. The molecule has 5 heterocycles. The third kappa shape index (κ3) is 10.3. The van der Waals surface area contributed by atoms with E-state index in [4.69, 9.17) is 26.3 Å². The number of nitrogens with zero attached hydrogens (tertiary/aromatic N) is 7. The number of fused-ring (bicyclic) bond motifs is 6. The number of thiophene rings is 1. The van der Waals surface area contributed by atoms with Crippen LogP contribution in [0.15, 0.2) is 89.0 Å². The molecule has 15 nitrogen and oxygen atoms in total. The van der Waals surface area contributed by atoms with Gasteiger partial charge in [-0.1, -0.05) is 65.8 Å². The van der Waals surface area contributed by atoms with Gasteiger partial charge >= 0.3 is 6.36 Å². The molecule has 0 bridgehead atoms. The highest BCUT2D eigenvalue weighted by molar-refractivity contribution is 7.99. The van der Waals surface area contributed by atoms with Crippen molar-refractivity contribution in [2.45, 2.75) is 51.3 Å². The first kappa shape index (κ1) is 45.2. The van der Waals surface area contributed by atoms with Crippen LogP contribution in [0.5, 0.6) is 5.75 Å². The number of aromatic nitrogens is 6. The van der Waals surface area contributed by atoms with Gasteiger partial charge in [-0.3, -0.25) is 23.9 Å². The lowest BCUT2D eigenvalue weighted by atomic mass is 9.99. The number of hydrogen-bond acceptors (Lipinski definition) is 12. The molecule has 3 amide bonds. The van der Waals surface area contributed by atoms with Crippen molar-refractivity contribution in [3.05, 3.63) is 128 Å². The van der Waals surface area contributed by atoms with Crippen molar-refractivity contribution in [2.75, 3.05) is 32.1 Å². The zero-order valence-corrected chi connectivity index (χ0v) is 37.4. The Balaban J connectivity index is 0.821. The molecular weight excluding hydrogens is 905 g/mol. The predicted molar refractivity (Wildman–Crippen MR) is 240 cm³/mol. The van der Waals surface area contributed by atoms with Gasteiger partial charge in [0.15, 0.2) is 11.0 Å². The van der Waals surface area contributed by atoms with Crippen molar-refractivity contribution in [2.24, 2.45) is 4.99 Å². The molecule has 0 aliphatic carbocycles. The summed E-state index contributed by atoms with van der Waals surface area (Å²) < 4.78 is 52.1. The van der Waals surface area contributed by atoms with Crippen molar-refractivity contribution in [3.63, 3.8) is 0 Å². The Morgan fingerprint density at radius 3 is 2.40 bits per heavy atom. The monoisotopic (exact) mass is 944 g/mol. The normalized spacial score (nSPS) is 13.5.